The van der Waals surface area contributed by atoms with E-state index in [0.29, 0.717) is 37.2 Å². The van der Waals surface area contributed by atoms with Crippen LogP contribution in [-0.2, 0) is 24.2 Å². The molecule has 0 fully saturated rings. The summed E-state index contributed by atoms with van der Waals surface area (Å²) in [4.78, 5) is 36.7. The van der Waals surface area contributed by atoms with Gasteiger partial charge in [0.1, 0.15) is 17.0 Å². The maximum Gasteiger partial charge on any atom is 0.573 e. The van der Waals surface area contributed by atoms with Crippen molar-refractivity contribution in [3.63, 3.8) is 0 Å². The van der Waals surface area contributed by atoms with Crippen molar-refractivity contribution in [3.05, 3.63) is 70.4 Å². The van der Waals surface area contributed by atoms with Gasteiger partial charge in [-0.15, -0.1) is 18.3 Å². The first kappa shape index (κ1) is 29.4. The minimum atomic E-state index is -4.78. The van der Waals surface area contributed by atoms with Crippen molar-refractivity contribution in [2.75, 3.05) is 5.32 Å². The average Bonchev–Trinajstić information content (AvgIpc) is 3.28. The number of nitrogens with one attached hydrogen (secondary N) is 1. The van der Waals surface area contributed by atoms with Crippen LogP contribution in [0.2, 0.25) is 0 Å². The largest absolute Gasteiger partial charge is 0.573 e. The summed E-state index contributed by atoms with van der Waals surface area (Å²) in [6.07, 6.45) is -0.728. The summed E-state index contributed by atoms with van der Waals surface area (Å²) < 4.78 is 49.3. The second-order valence-corrected chi connectivity index (χ2v) is 9.77. The number of Topliss-reactive ketones (excluding diaryl/α,β-unsaturated/α-hetero) is 1. The lowest BCUT2D eigenvalue weighted by Crippen LogP contribution is -2.28. The van der Waals surface area contributed by atoms with Gasteiger partial charge in [-0.2, -0.15) is 0 Å². The van der Waals surface area contributed by atoms with Crippen LogP contribution in [0.1, 0.15) is 56.1 Å². The minimum absolute atomic E-state index is 0.0514. The highest BCUT2D eigenvalue weighted by molar-refractivity contribution is 5.93. The first-order valence-electron chi connectivity index (χ1n) is 12.3. The number of pyridine rings is 1. The van der Waals surface area contributed by atoms with Crippen LogP contribution in [0.15, 0.2) is 53.6 Å². The third-order valence-corrected chi connectivity index (χ3v) is 5.27. The number of benzene rings is 1. The van der Waals surface area contributed by atoms with Gasteiger partial charge in [0.15, 0.2) is 5.78 Å². The van der Waals surface area contributed by atoms with Gasteiger partial charge in [-0.05, 0) is 63.8 Å². The van der Waals surface area contributed by atoms with E-state index >= 15 is 0 Å². The van der Waals surface area contributed by atoms with Crippen molar-refractivity contribution >= 4 is 17.6 Å². The number of rotatable bonds is 11. The van der Waals surface area contributed by atoms with E-state index in [1.165, 1.54) is 39.7 Å². The molecule has 0 saturated carbocycles. The van der Waals surface area contributed by atoms with E-state index in [2.05, 4.69) is 20.4 Å². The molecule has 2 aromatic heterocycles. The first-order valence-corrected chi connectivity index (χ1v) is 12.3. The van der Waals surface area contributed by atoms with Gasteiger partial charge in [0.25, 0.3) is 5.56 Å². The number of ether oxygens (including phenoxy) is 2. The van der Waals surface area contributed by atoms with Gasteiger partial charge in [-0.1, -0.05) is 17.3 Å². The summed E-state index contributed by atoms with van der Waals surface area (Å²) in [6.45, 7) is 6.15. The number of hydrogen-bond donors (Lipinski definition) is 1. The summed E-state index contributed by atoms with van der Waals surface area (Å²) in [6, 6.07) is 8.41. The molecule has 0 atom stereocenters. The molecule has 0 saturated heterocycles. The Morgan fingerprint density at radius 1 is 1.05 bits per heavy atom. The number of anilines is 1. The molecule has 1 amide bonds. The summed E-state index contributed by atoms with van der Waals surface area (Å²) in [5.41, 5.74) is 0.117. The van der Waals surface area contributed by atoms with Crippen LogP contribution in [0.3, 0.4) is 0 Å². The van der Waals surface area contributed by atoms with Crippen molar-refractivity contribution in [2.45, 2.75) is 71.5 Å². The van der Waals surface area contributed by atoms with Gasteiger partial charge in [0, 0.05) is 31.8 Å². The Bertz CT molecular complexity index is 1340. The van der Waals surface area contributed by atoms with Crippen molar-refractivity contribution < 1.29 is 32.2 Å². The van der Waals surface area contributed by atoms with Gasteiger partial charge in [-0.25, -0.2) is 4.79 Å². The van der Waals surface area contributed by atoms with Gasteiger partial charge >= 0.3 is 12.5 Å². The lowest BCUT2D eigenvalue weighted by atomic mass is 10.1. The van der Waals surface area contributed by atoms with E-state index in [9.17, 15) is 27.6 Å². The third kappa shape index (κ3) is 10.3. The number of hydrogen-bond acceptors (Lipinski definition) is 7. The monoisotopic (exact) mass is 549 g/mol. The normalized spacial score (nSPS) is 11.7. The lowest BCUT2D eigenvalue weighted by molar-refractivity contribution is -0.274. The molecule has 210 valence electrons. The Balaban J connectivity index is 1.42. The molecule has 3 aromatic rings. The van der Waals surface area contributed by atoms with Crippen LogP contribution in [0.4, 0.5) is 23.7 Å². The molecule has 0 radical (unpaired) electrons. The second kappa shape index (κ2) is 12.6. The van der Waals surface area contributed by atoms with Crippen molar-refractivity contribution in [1.29, 1.82) is 0 Å². The van der Waals surface area contributed by atoms with Crippen molar-refractivity contribution in [2.24, 2.45) is 0 Å². The topological polar surface area (TPSA) is 117 Å². The molecule has 13 heteroatoms. The molecule has 0 aliphatic rings. The molecular weight excluding hydrogens is 519 g/mol. The number of aryl methyl sites for hydroxylation is 3. The molecule has 2 heterocycles. The highest BCUT2D eigenvalue weighted by atomic mass is 19.4. The number of halogens is 3. The fourth-order valence-electron chi connectivity index (χ4n) is 3.57. The number of nitrogens with zero attached hydrogens (tertiary/aromatic N) is 4. The van der Waals surface area contributed by atoms with E-state index in [4.69, 9.17) is 4.74 Å². The van der Waals surface area contributed by atoms with Gasteiger partial charge < -0.3 is 14.0 Å². The zero-order valence-corrected chi connectivity index (χ0v) is 21.8. The molecule has 39 heavy (non-hydrogen) atoms. The Kier molecular flexibility index (Phi) is 9.49. The first-order chi connectivity index (χ1) is 18.3. The van der Waals surface area contributed by atoms with E-state index < -0.39 is 18.1 Å². The van der Waals surface area contributed by atoms with Crippen LogP contribution >= 0.6 is 0 Å². The number of amides is 1. The number of aromatic nitrogens is 4. The van der Waals surface area contributed by atoms with Crippen molar-refractivity contribution in [3.8, 4) is 5.75 Å². The number of carbonyl (C=O) groups is 2. The summed E-state index contributed by atoms with van der Waals surface area (Å²) in [7, 11) is 0. The maximum absolute atomic E-state index is 12.5. The lowest BCUT2D eigenvalue weighted by Gasteiger charge is -2.19. The van der Waals surface area contributed by atoms with Crippen LogP contribution in [0.5, 0.6) is 5.75 Å². The van der Waals surface area contributed by atoms with Gasteiger partial charge in [0.2, 0.25) is 0 Å². The number of ketones is 1. The Morgan fingerprint density at radius 2 is 1.79 bits per heavy atom. The van der Waals surface area contributed by atoms with E-state index in [0.717, 1.165) is 0 Å². The Morgan fingerprint density at radius 3 is 2.49 bits per heavy atom. The van der Waals surface area contributed by atoms with Crippen molar-refractivity contribution in [1.82, 2.24) is 19.6 Å². The average molecular weight is 550 g/mol. The molecule has 0 aliphatic heterocycles. The molecule has 0 unspecified atom stereocenters. The molecule has 0 spiro atoms. The fraction of sp³-hybridized carbons (Fsp3) is 0.423. The summed E-state index contributed by atoms with van der Waals surface area (Å²) in [5.74, 6) is -0.621. The van der Waals surface area contributed by atoms with Crippen LogP contribution in [0.25, 0.3) is 0 Å². The van der Waals surface area contributed by atoms with Gasteiger partial charge in [0.05, 0.1) is 11.9 Å². The number of carbonyl (C=O) groups excluding carboxylic acids is 2. The number of alkyl halides is 3. The quantitative estimate of drug-likeness (QED) is 0.265. The van der Waals surface area contributed by atoms with Crippen LogP contribution in [0, 0.1) is 0 Å². The molecule has 10 nitrogen and oxygen atoms in total. The summed E-state index contributed by atoms with van der Waals surface area (Å²) in [5, 5.41) is 10.4. The second-order valence-electron chi connectivity index (χ2n) is 9.77. The third-order valence-electron chi connectivity index (χ3n) is 5.27. The van der Waals surface area contributed by atoms with E-state index in [1.807, 2.05) is 0 Å². The molecule has 3 rings (SSSR count). The highest BCUT2D eigenvalue weighted by Gasteiger charge is 2.31. The molecule has 0 bridgehead atoms. The minimum Gasteiger partial charge on any atom is -0.444 e. The zero-order valence-electron chi connectivity index (χ0n) is 21.8. The standard InChI is InChI=1S/C26H30F3N5O5/c1-25(2,3)39-24(37)30-19-11-14-33(23(36)16-19)12-4-5-13-34-17-21(31-32-34)22(35)10-9-18-7-6-8-20(15-18)38-26(27,28)29/h6-8,11,14-17H,4-5,9-10,12-13H2,1-3H3,(H,30,37). The fourth-order valence-corrected chi connectivity index (χ4v) is 3.57. The maximum atomic E-state index is 12.5. The van der Waals surface area contributed by atoms with E-state index in [1.54, 1.807) is 39.1 Å². The Labute approximate surface area is 222 Å². The van der Waals surface area contributed by atoms with Gasteiger partial charge in [-0.3, -0.25) is 19.6 Å². The number of unbranched alkanes of at least 4 members (excludes halogenated alkanes) is 1. The van der Waals surface area contributed by atoms with Crippen LogP contribution in [-0.4, -0.2) is 43.4 Å². The zero-order chi connectivity index (χ0) is 28.6. The predicted molar refractivity (Wildman–Crippen MR) is 136 cm³/mol. The molecule has 1 aromatic carbocycles. The summed E-state index contributed by atoms with van der Waals surface area (Å²) >= 11 is 0. The highest BCUT2D eigenvalue weighted by Crippen LogP contribution is 2.24. The molecular formula is C26H30F3N5O5. The smallest absolute Gasteiger partial charge is 0.444 e. The van der Waals surface area contributed by atoms with E-state index in [-0.39, 0.29) is 35.6 Å². The molecule has 1 N–H and O–H groups in total. The molecule has 0 aliphatic carbocycles. The SMILES string of the molecule is CC(C)(C)OC(=O)Nc1ccn(CCCCn2cc(C(=O)CCc3cccc(OC(F)(F)F)c3)nn2)c(=O)c1. The van der Waals surface area contributed by atoms with Crippen LogP contribution < -0.4 is 15.6 Å². The Hall–Kier alpha value is -4.16. The predicted octanol–water partition coefficient (Wildman–Crippen LogP) is 4.98.